The summed E-state index contributed by atoms with van der Waals surface area (Å²) in [5.74, 6) is -0.233. The molecule has 1 nitrogen and oxygen atoms in total. The van der Waals surface area contributed by atoms with Crippen molar-refractivity contribution in [2.24, 2.45) is 5.73 Å². The average Bonchev–Trinajstić information content (AvgIpc) is 2.30. The van der Waals surface area contributed by atoms with E-state index in [2.05, 4.69) is 13.5 Å². The molecule has 16 heavy (non-hydrogen) atoms. The molecule has 88 valence electrons. The summed E-state index contributed by atoms with van der Waals surface area (Å²) in [4.78, 5) is 0. The first-order valence-corrected chi connectivity index (χ1v) is 5.82. The fraction of sp³-hybridized carbons (Fsp3) is 0.429. The highest BCUT2D eigenvalue weighted by molar-refractivity contribution is 5.29. The minimum absolute atomic E-state index is 0.0484. The molecule has 0 amide bonds. The predicted molar refractivity (Wildman–Crippen MR) is 66.9 cm³/mol. The van der Waals surface area contributed by atoms with Crippen molar-refractivity contribution in [1.82, 2.24) is 0 Å². The molecule has 0 fully saturated rings. The highest BCUT2D eigenvalue weighted by Crippen LogP contribution is 2.27. The van der Waals surface area contributed by atoms with E-state index in [1.165, 1.54) is 6.07 Å². The molecule has 0 aliphatic rings. The van der Waals surface area contributed by atoms with Crippen LogP contribution >= 0.6 is 0 Å². The van der Waals surface area contributed by atoms with Gasteiger partial charge < -0.3 is 5.73 Å². The van der Waals surface area contributed by atoms with E-state index < -0.39 is 0 Å². The molecular weight excluding hydrogens is 201 g/mol. The summed E-state index contributed by atoms with van der Waals surface area (Å²) < 4.78 is 13.6. The molecule has 0 heterocycles. The smallest absolute Gasteiger partial charge is 0.127 e. The van der Waals surface area contributed by atoms with Gasteiger partial charge in [0.2, 0.25) is 0 Å². The maximum absolute atomic E-state index is 13.6. The summed E-state index contributed by atoms with van der Waals surface area (Å²) in [6.07, 6.45) is 3.13. The zero-order chi connectivity index (χ0) is 12.0. The lowest BCUT2D eigenvalue weighted by Gasteiger charge is -2.18. The third-order valence-corrected chi connectivity index (χ3v) is 2.86. The summed E-state index contributed by atoms with van der Waals surface area (Å²) in [7, 11) is 0. The van der Waals surface area contributed by atoms with Gasteiger partial charge >= 0.3 is 0 Å². The molecule has 2 heteroatoms. The quantitative estimate of drug-likeness (QED) is 0.729. The van der Waals surface area contributed by atoms with Crippen LogP contribution in [-0.2, 0) is 0 Å². The van der Waals surface area contributed by atoms with Gasteiger partial charge in [0, 0.05) is 12.5 Å². The summed E-state index contributed by atoms with van der Waals surface area (Å²) in [5.41, 5.74) is 7.43. The Morgan fingerprint density at radius 2 is 2.12 bits per heavy atom. The van der Waals surface area contributed by atoms with Crippen molar-refractivity contribution in [1.29, 1.82) is 0 Å². The first-order valence-electron chi connectivity index (χ1n) is 5.82. The molecule has 0 aliphatic heterocycles. The van der Waals surface area contributed by atoms with Gasteiger partial charge in [-0.2, -0.15) is 0 Å². The van der Waals surface area contributed by atoms with Crippen LogP contribution in [0.2, 0.25) is 0 Å². The lowest BCUT2D eigenvalue weighted by molar-refractivity contribution is 0.588. The number of halogens is 1. The Hall–Kier alpha value is -1.15. The minimum atomic E-state index is -0.185. The van der Waals surface area contributed by atoms with Gasteiger partial charge in [0.05, 0.1) is 0 Å². The van der Waals surface area contributed by atoms with Gasteiger partial charge in [-0.3, -0.25) is 0 Å². The van der Waals surface area contributed by atoms with Crippen LogP contribution in [0.1, 0.15) is 37.7 Å². The zero-order valence-electron chi connectivity index (χ0n) is 9.88. The predicted octanol–water partition coefficient (Wildman–Crippen LogP) is 3.61. The summed E-state index contributed by atoms with van der Waals surface area (Å²) in [6.45, 7) is 6.59. The summed E-state index contributed by atoms with van der Waals surface area (Å²) in [6, 6.07) is 6.81. The topological polar surface area (TPSA) is 26.0 Å². The molecule has 2 N–H and O–H groups in total. The zero-order valence-corrected chi connectivity index (χ0v) is 9.88. The monoisotopic (exact) mass is 221 g/mol. The van der Waals surface area contributed by atoms with Gasteiger partial charge in [0.15, 0.2) is 0 Å². The third-order valence-electron chi connectivity index (χ3n) is 2.86. The Labute approximate surface area is 97.2 Å². The molecular formula is C14H20FN. The fourth-order valence-electron chi connectivity index (χ4n) is 1.85. The van der Waals surface area contributed by atoms with Crippen LogP contribution in [0.3, 0.4) is 0 Å². The number of hydrogen-bond acceptors (Lipinski definition) is 1. The van der Waals surface area contributed by atoms with E-state index >= 15 is 0 Å². The number of unbranched alkanes of at least 4 members (excludes halogenated alkanes) is 1. The van der Waals surface area contributed by atoms with Crippen molar-refractivity contribution in [2.45, 2.75) is 32.1 Å². The number of nitrogens with two attached hydrogens (primary N) is 1. The second kappa shape index (κ2) is 6.44. The lowest BCUT2D eigenvalue weighted by atomic mass is 9.89. The second-order valence-corrected chi connectivity index (χ2v) is 4.07. The van der Waals surface area contributed by atoms with E-state index in [1.807, 2.05) is 6.07 Å². The van der Waals surface area contributed by atoms with Crippen molar-refractivity contribution in [3.05, 3.63) is 47.8 Å². The van der Waals surface area contributed by atoms with Crippen LogP contribution < -0.4 is 5.73 Å². The van der Waals surface area contributed by atoms with Crippen molar-refractivity contribution in [2.75, 3.05) is 6.54 Å². The van der Waals surface area contributed by atoms with Gasteiger partial charge in [0.25, 0.3) is 0 Å². The second-order valence-electron chi connectivity index (χ2n) is 4.07. The van der Waals surface area contributed by atoms with Crippen molar-refractivity contribution < 1.29 is 4.39 Å². The van der Waals surface area contributed by atoms with Gasteiger partial charge in [-0.05, 0) is 24.5 Å². The molecule has 0 aromatic heterocycles. The molecule has 0 bridgehead atoms. The van der Waals surface area contributed by atoms with E-state index in [-0.39, 0.29) is 11.7 Å². The molecule has 1 unspecified atom stereocenters. The van der Waals surface area contributed by atoms with Crippen molar-refractivity contribution in [3.8, 4) is 0 Å². The fourth-order valence-corrected chi connectivity index (χ4v) is 1.85. The van der Waals surface area contributed by atoms with E-state index in [4.69, 9.17) is 5.73 Å². The van der Waals surface area contributed by atoms with E-state index in [1.54, 1.807) is 12.1 Å². The van der Waals surface area contributed by atoms with Gasteiger partial charge in [0.1, 0.15) is 5.82 Å². The van der Waals surface area contributed by atoms with Crippen molar-refractivity contribution in [3.63, 3.8) is 0 Å². The van der Waals surface area contributed by atoms with E-state index in [0.717, 1.165) is 24.8 Å². The van der Waals surface area contributed by atoms with E-state index in [0.29, 0.717) is 12.1 Å². The summed E-state index contributed by atoms with van der Waals surface area (Å²) >= 11 is 0. The first kappa shape index (κ1) is 12.9. The molecule has 1 aromatic carbocycles. The Morgan fingerprint density at radius 1 is 1.44 bits per heavy atom. The lowest BCUT2D eigenvalue weighted by Crippen LogP contribution is -2.15. The van der Waals surface area contributed by atoms with Crippen LogP contribution in [0.25, 0.3) is 0 Å². The van der Waals surface area contributed by atoms with E-state index in [9.17, 15) is 4.39 Å². The van der Waals surface area contributed by atoms with Crippen LogP contribution in [-0.4, -0.2) is 6.54 Å². The molecule has 1 aromatic rings. The molecule has 0 spiro atoms. The maximum atomic E-state index is 13.6. The average molecular weight is 221 g/mol. The maximum Gasteiger partial charge on any atom is 0.127 e. The SMILES string of the molecule is C=C(CCCC)C(CN)c1ccccc1F. The Balaban J connectivity index is 2.82. The van der Waals surface area contributed by atoms with Crippen LogP contribution in [0.15, 0.2) is 36.4 Å². The highest BCUT2D eigenvalue weighted by Gasteiger charge is 2.16. The molecule has 0 aliphatic carbocycles. The van der Waals surface area contributed by atoms with Gasteiger partial charge in [-0.1, -0.05) is 43.7 Å². The number of benzene rings is 1. The van der Waals surface area contributed by atoms with Crippen LogP contribution in [0, 0.1) is 5.82 Å². The molecule has 1 rings (SSSR count). The molecule has 0 saturated heterocycles. The Kier molecular flexibility index (Phi) is 5.20. The molecule has 1 atom stereocenters. The first-order chi connectivity index (χ1) is 7.70. The molecule has 0 saturated carbocycles. The van der Waals surface area contributed by atoms with Gasteiger partial charge in [-0.25, -0.2) is 4.39 Å². The normalized spacial score (nSPS) is 12.4. The van der Waals surface area contributed by atoms with Crippen LogP contribution in [0.5, 0.6) is 0 Å². The largest absolute Gasteiger partial charge is 0.330 e. The third kappa shape index (κ3) is 3.17. The Bertz CT molecular complexity index is 346. The number of hydrogen-bond donors (Lipinski definition) is 1. The molecule has 0 radical (unpaired) electrons. The van der Waals surface area contributed by atoms with Crippen molar-refractivity contribution >= 4 is 0 Å². The number of rotatable bonds is 6. The van der Waals surface area contributed by atoms with Gasteiger partial charge in [-0.15, -0.1) is 0 Å². The highest BCUT2D eigenvalue weighted by atomic mass is 19.1. The Morgan fingerprint density at radius 3 is 2.69 bits per heavy atom. The standard InChI is InChI=1S/C14H20FN/c1-3-4-7-11(2)13(10-16)12-8-5-6-9-14(12)15/h5-6,8-9,13H,2-4,7,10,16H2,1H3. The minimum Gasteiger partial charge on any atom is -0.330 e. The van der Waals surface area contributed by atoms with Crippen LogP contribution in [0.4, 0.5) is 4.39 Å². The summed E-state index contributed by atoms with van der Waals surface area (Å²) in [5, 5.41) is 0.